The van der Waals surface area contributed by atoms with Gasteiger partial charge in [-0.1, -0.05) is 31.2 Å². The van der Waals surface area contributed by atoms with Crippen molar-refractivity contribution in [3.8, 4) is 11.5 Å². The van der Waals surface area contributed by atoms with E-state index in [2.05, 4.69) is 12.2 Å². The van der Waals surface area contributed by atoms with Gasteiger partial charge >= 0.3 is 11.9 Å². The van der Waals surface area contributed by atoms with E-state index in [9.17, 15) is 29.4 Å². The minimum Gasteiger partial charge on any atom is -0.478 e. The number of hydrogen-bond donors (Lipinski definition) is 5. The van der Waals surface area contributed by atoms with E-state index < -0.39 is 23.8 Å². The monoisotopic (exact) mass is 663 g/mol. The molecule has 0 saturated carbocycles. The molecule has 50 heavy (non-hydrogen) atoms. The maximum absolute atomic E-state index is 13.7. The molecule has 0 fully saturated rings. The number of carboxylic acid groups (broad SMARTS) is 2. The van der Waals surface area contributed by atoms with Crippen molar-refractivity contribution >= 4 is 78.2 Å². The summed E-state index contributed by atoms with van der Waals surface area (Å²) in [6.45, 7) is 2.08. The number of carbonyl (C=O) groups excluding carboxylic acids is 2. The van der Waals surface area contributed by atoms with Crippen molar-refractivity contribution in [2.24, 2.45) is 5.73 Å². The van der Waals surface area contributed by atoms with Gasteiger partial charge in [0.25, 0.3) is 5.91 Å². The Labute approximate surface area is 284 Å². The van der Waals surface area contributed by atoms with E-state index in [0.717, 1.165) is 28.0 Å². The summed E-state index contributed by atoms with van der Waals surface area (Å²) in [5, 5.41) is 27.7. The summed E-state index contributed by atoms with van der Waals surface area (Å²) in [6, 6.07) is 29.5. The normalized spacial score (nSPS) is 11.2. The maximum Gasteiger partial charge on any atom is 0.336 e. The minimum absolute atomic E-state index is 0.0949. The van der Waals surface area contributed by atoms with Crippen LogP contribution in [0.2, 0.25) is 0 Å². The highest BCUT2D eigenvalue weighted by Gasteiger charge is 2.22. The van der Waals surface area contributed by atoms with E-state index in [4.69, 9.17) is 16.2 Å². The number of nitrogens with one attached hydrogen (secondary N) is 1. The van der Waals surface area contributed by atoms with Crippen molar-refractivity contribution in [3.05, 3.63) is 131 Å². The molecule has 7 N–H and O–H groups in total. The van der Waals surface area contributed by atoms with Gasteiger partial charge in [0.1, 0.15) is 11.5 Å². The number of amides is 2. The number of carboxylic acids is 2. The van der Waals surface area contributed by atoms with Crippen LogP contribution in [-0.2, 0) is 6.42 Å². The third-order valence-corrected chi connectivity index (χ3v) is 8.82. The Bertz CT molecular complexity index is 2590. The van der Waals surface area contributed by atoms with Crippen LogP contribution < -0.4 is 21.5 Å². The molecule has 0 heterocycles. The molecule has 0 spiro atoms. The summed E-state index contributed by atoms with van der Waals surface area (Å²) in [4.78, 5) is 50.0. The van der Waals surface area contributed by atoms with Gasteiger partial charge in [0.15, 0.2) is 0 Å². The zero-order valence-corrected chi connectivity index (χ0v) is 26.6. The van der Waals surface area contributed by atoms with E-state index in [0.29, 0.717) is 44.4 Å². The summed E-state index contributed by atoms with van der Waals surface area (Å²) >= 11 is 0. The van der Waals surface area contributed by atoms with Crippen LogP contribution >= 0.6 is 0 Å². The average Bonchev–Trinajstić information content (AvgIpc) is 3.10. The Hall–Kier alpha value is -6.94. The summed E-state index contributed by atoms with van der Waals surface area (Å²) in [6.07, 6.45) is 0.905. The van der Waals surface area contributed by atoms with E-state index in [1.165, 1.54) is 29.8 Å². The molecule has 10 nitrogen and oxygen atoms in total. The molecule has 7 rings (SSSR count). The Balaban J connectivity index is 1.29. The SMILES string of the molecule is CCc1ccc(Oc2c3ccc(N)cc3cc3cc(NC(=O)c4cc5ccc6cc(C(N)=O)c(C(=O)O)cc6c5cc4C(=O)O)ccc23)cc1. The van der Waals surface area contributed by atoms with Crippen LogP contribution in [-0.4, -0.2) is 34.0 Å². The first kappa shape index (κ1) is 31.6. The zero-order valence-electron chi connectivity index (χ0n) is 26.6. The number of aryl methyl sites for hydroxylation is 1. The standard InChI is InChI=1S/C40H29N3O7/c1-2-20-3-9-27(10-4-20)50-36-28-11-7-25(41)14-23(28)13-24-15-26(8-12-29(24)36)43-38(45)33-17-22-6-5-21-16-32(37(42)44)34(39(46)47)18-30(21)31(22)19-35(33)40(48)49/h3-19H,2,41H2,1H3,(H2,42,44)(H,43,45)(H,46,47)(H,48,49). The smallest absolute Gasteiger partial charge is 0.336 e. The van der Waals surface area contributed by atoms with Gasteiger partial charge in [0, 0.05) is 22.1 Å². The fourth-order valence-corrected chi connectivity index (χ4v) is 6.31. The second-order valence-electron chi connectivity index (χ2n) is 12.0. The van der Waals surface area contributed by atoms with Crippen molar-refractivity contribution < 1.29 is 34.1 Å². The molecule has 7 aromatic rings. The Morgan fingerprint density at radius 1 is 0.620 bits per heavy atom. The highest BCUT2D eigenvalue weighted by atomic mass is 16.5. The van der Waals surface area contributed by atoms with Crippen LogP contribution in [0.5, 0.6) is 11.5 Å². The molecule has 0 saturated heterocycles. The number of aromatic carboxylic acids is 2. The third kappa shape index (κ3) is 5.64. The van der Waals surface area contributed by atoms with E-state index in [-0.39, 0.29) is 22.3 Å². The highest BCUT2D eigenvalue weighted by Crippen LogP contribution is 2.40. The number of primary amides is 1. The number of hydrogen-bond acceptors (Lipinski definition) is 6. The zero-order chi connectivity index (χ0) is 35.3. The number of anilines is 2. The van der Waals surface area contributed by atoms with Crippen LogP contribution in [0.15, 0.2) is 103 Å². The summed E-state index contributed by atoms with van der Waals surface area (Å²) in [5.74, 6) is -2.97. The summed E-state index contributed by atoms with van der Waals surface area (Å²) in [5.41, 5.74) is 12.8. The lowest BCUT2D eigenvalue weighted by Crippen LogP contribution is -2.17. The van der Waals surface area contributed by atoms with Crippen molar-refractivity contribution in [1.29, 1.82) is 0 Å². The molecule has 0 bridgehead atoms. The van der Waals surface area contributed by atoms with Gasteiger partial charge < -0.3 is 31.7 Å². The van der Waals surface area contributed by atoms with Gasteiger partial charge in [-0.3, -0.25) is 9.59 Å². The molecule has 0 unspecified atom stereocenters. The van der Waals surface area contributed by atoms with Crippen LogP contribution in [0.1, 0.15) is 53.9 Å². The number of nitrogens with two attached hydrogens (primary N) is 2. The predicted octanol–water partition coefficient (Wildman–Crippen LogP) is 7.98. The topological polar surface area (TPSA) is 182 Å². The maximum atomic E-state index is 13.7. The molecule has 246 valence electrons. The van der Waals surface area contributed by atoms with Gasteiger partial charge in [-0.2, -0.15) is 0 Å². The van der Waals surface area contributed by atoms with Crippen molar-refractivity contribution in [1.82, 2.24) is 0 Å². The molecule has 10 heteroatoms. The van der Waals surface area contributed by atoms with Crippen LogP contribution in [0, 0.1) is 0 Å². The molecule has 0 aromatic heterocycles. The number of carbonyl (C=O) groups is 4. The molecular formula is C40H29N3O7. The number of rotatable bonds is 8. The summed E-state index contributed by atoms with van der Waals surface area (Å²) < 4.78 is 6.44. The van der Waals surface area contributed by atoms with Crippen LogP contribution in [0.25, 0.3) is 43.1 Å². The summed E-state index contributed by atoms with van der Waals surface area (Å²) in [7, 11) is 0. The second kappa shape index (κ2) is 12.3. The highest BCUT2D eigenvalue weighted by molar-refractivity contribution is 6.19. The fourth-order valence-electron chi connectivity index (χ4n) is 6.31. The van der Waals surface area contributed by atoms with Gasteiger partial charge in [-0.25, -0.2) is 9.59 Å². The lowest BCUT2D eigenvalue weighted by molar-refractivity contribution is 0.0683. The van der Waals surface area contributed by atoms with Crippen LogP contribution in [0.4, 0.5) is 11.4 Å². The third-order valence-electron chi connectivity index (χ3n) is 8.82. The lowest BCUT2D eigenvalue weighted by Gasteiger charge is -2.15. The van der Waals surface area contributed by atoms with E-state index in [1.54, 1.807) is 24.3 Å². The first-order valence-electron chi connectivity index (χ1n) is 15.7. The van der Waals surface area contributed by atoms with Gasteiger partial charge in [0.05, 0.1) is 22.3 Å². The first-order chi connectivity index (χ1) is 24.0. The molecule has 2 amide bonds. The number of ether oxygens (including phenoxy) is 1. The van der Waals surface area contributed by atoms with Gasteiger partial charge in [-0.15, -0.1) is 0 Å². The minimum atomic E-state index is -1.36. The Kier molecular flexibility index (Phi) is 7.76. The first-order valence-corrected chi connectivity index (χ1v) is 15.7. The molecule has 0 aliphatic rings. The van der Waals surface area contributed by atoms with Crippen LogP contribution in [0.3, 0.4) is 0 Å². The van der Waals surface area contributed by atoms with Gasteiger partial charge in [-0.05, 0) is 123 Å². The Morgan fingerprint density at radius 2 is 1.20 bits per heavy atom. The lowest BCUT2D eigenvalue weighted by atomic mass is 9.93. The van der Waals surface area contributed by atoms with Crippen molar-refractivity contribution in [2.75, 3.05) is 11.1 Å². The quantitative estimate of drug-likeness (QED) is 0.0616. The molecule has 0 atom stereocenters. The number of fused-ring (bicyclic) bond motifs is 5. The van der Waals surface area contributed by atoms with E-state index >= 15 is 0 Å². The van der Waals surface area contributed by atoms with Crippen molar-refractivity contribution in [2.45, 2.75) is 13.3 Å². The number of benzene rings is 7. The number of nitrogen functional groups attached to an aromatic ring is 1. The molecule has 7 aromatic carbocycles. The Morgan fingerprint density at radius 3 is 1.80 bits per heavy atom. The largest absolute Gasteiger partial charge is 0.478 e. The average molecular weight is 664 g/mol. The van der Waals surface area contributed by atoms with Gasteiger partial charge in [0.2, 0.25) is 5.91 Å². The van der Waals surface area contributed by atoms with E-state index in [1.807, 2.05) is 54.6 Å². The molecule has 0 radical (unpaired) electrons. The molecule has 0 aliphatic heterocycles. The molecule has 0 aliphatic carbocycles. The van der Waals surface area contributed by atoms with Crippen molar-refractivity contribution in [3.63, 3.8) is 0 Å². The molecular weight excluding hydrogens is 634 g/mol. The predicted molar refractivity (Wildman–Crippen MR) is 194 cm³/mol. The second-order valence-corrected chi connectivity index (χ2v) is 12.0. The fraction of sp³-hybridized carbons (Fsp3) is 0.0500.